The Morgan fingerprint density at radius 3 is 1.91 bits per heavy atom. The van der Waals surface area contributed by atoms with Gasteiger partial charge in [-0.25, -0.2) is 9.13 Å². The highest BCUT2D eigenvalue weighted by Gasteiger charge is 2.20. The van der Waals surface area contributed by atoms with Crippen molar-refractivity contribution < 1.29 is 23.6 Å². The molecule has 0 spiro atoms. The molecule has 2 N–H and O–H groups in total. The van der Waals surface area contributed by atoms with Gasteiger partial charge in [0.2, 0.25) is 6.33 Å². The number of ether oxygens (including phenoxy) is 2. The minimum atomic E-state index is -0.171. The Bertz CT molecular complexity index is 1170. The molecule has 0 aliphatic heterocycles. The molecule has 0 saturated carbocycles. The molecule has 0 radical (unpaired) electrons. The summed E-state index contributed by atoms with van der Waals surface area (Å²) < 4.78 is 13.9. The number of nitrogens with one attached hydrogen (secondary N) is 2. The number of methoxy groups -OCH3 is 2. The zero-order valence-corrected chi connectivity index (χ0v) is 18.4. The number of amides is 2. The van der Waals surface area contributed by atoms with Crippen molar-refractivity contribution in [3.8, 4) is 11.5 Å². The molecule has 4 aromatic rings. The molecule has 168 valence electrons. The molecule has 8 nitrogen and oxygen atoms in total. The van der Waals surface area contributed by atoms with Crippen LogP contribution in [0, 0.1) is 0 Å². The molecule has 1 heterocycles. The van der Waals surface area contributed by atoms with Crippen LogP contribution < -0.4 is 24.7 Å². The third-order valence-corrected chi connectivity index (χ3v) is 5.15. The maximum Gasteiger partial charge on any atom is 0.266 e. The van der Waals surface area contributed by atoms with E-state index in [0.29, 0.717) is 11.4 Å². The number of hydrogen-bond acceptors (Lipinski definition) is 4. The van der Waals surface area contributed by atoms with Crippen molar-refractivity contribution >= 4 is 34.2 Å². The number of benzene rings is 3. The quantitative estimate of drug-likeness (QED) is 0.408. The highest BCUT2D eigenvalue weighted by Crippen LogP contribution is 2.17. The minimum Gasteiger partial charge on any atom is -0.497 e. The number of fused-ring (bicyclic) bond motifs is 1. The maximum atomic E-state index is 12.6. The Morgan fingerprint density at radius 2 is 1.33 bits per heavy atom. The average Bonchev–Trinajstić information content (AvgIpc) is 3.16. The van der Waals surface area contributed by atoms with Gasteiger partial charge in [0.25, 0.3) is 11.8 Å². The zero-order valence-electron chi connectivity index (χ0n) is 18.4. The monoisotopic (exact) mass is 445 g/mol. The lowest BCUT2D eigenvalue weighted by atomic mass is 10.3. The molecule has 0 aliphatic carbocycles. The van der Waals surface area contributed by atoms with Gasteiger partial charge in [0.15, 0.2) is 24.1 Å². The summed E-state index contributed by atoms with van der Waals surface area (Å²) >= 11 is 0. The van der Waals surface area contributed by atoms with Crippen molar-refractivity contribution in [2.75, 3.05) is 24.9 Å². The van der Waals surface area contributed by atoms with Crippen LogP contribution in [-0.2, 0) is 22.7 Å². The Kier molecular flexibility index (Phi) is 6.54. The van der Waals surface area contributed by atoms with E-state index in [9.17, 15) is 9.59 Å². The first-order chi connectivity index (χ1) is 16.1. The van der Waals surface area contributed by atoms with E-state index in [-0.39, 0.29) is 24.9 Å². The highest BCUT2D eigenvalue weighted by molar-refractivity contribution is 5.92. The lowest BCUT2D eigenvalue weighted by Crippen LogP contribution is -2.39. The van der Waals surface area contributed by atoms with Gasteiger partial charge in [-0.3, -0.25) is 9.59 Å². The number of rotatable bonds is 8. The smallest absolute Gasteiger partial charge is 0.266 e. The van der Waals surface area contributed by atoms with Crippen LogP contribution in [0.2, 0.25) is 0 Å². The average molecular weight is 445 g/mol. The van der Waals surface area contributed by atoms with E-state index < -0.39 is 0 Å². The summed E-state index contributed by atoms with van der Waals surface area (Å²) in [6.07, 6.45) is 1.78. The van der Waals surface area contributed by atoms with E-state index in [4.69, 9.17) is 9.47 Å². The van der Waals surface area contributed by atoms with Gasteiger partial charge in [0.1, 0.15) is 11.5 Å². The van der Waals surface area contributed by atoms with E-state index in [2.05, 4.69) is 10.6 Å². The highest BCUT2D eigenvalue weighted by atomic mass is 16.5. The van der Waals surface area contributed by atoms with E-state index in [1.807, 2.05) is 33.4 Å². The van der Waals surface area contributed by atoms with Gasteiger partial charge in [-0.1, -0.05) is 12.1 Å². The number of aromatic nitrogens is 2. The summed E-state index contributed by atoms with van der Waals surface area (Å²) in [6.45, 7) is 0.222. The largest absolute Gasteiger partial charge is 0.497 e. The van der Waals surface area contributed by atoms with Crippen LogP contribution >= 0.6 is 0 Å². The van der Waals surface area contributed by atoms with E-state index in [1.165, 1.54) is 0 Å². The second kappa shape index (κ2) is 9.86. The van der Waals surface area contributed by atoms with Crippen LogP contribution in [0.1, 0.15) is 0 Å². The standard InChI is InChI=1S/C25H24N4O4/c1-32-20-11-7-18(8-12-20)26-24(30)15-28-17-29(23-6-4-3-5-22(23)28)16-25(31)27-19-9-13-21(33-2)14-10-19/h3-14,17H,15-16H2,1-2H3,(H-,26,27,30,31)/p+1. The topological polar surface area (TPSA) is 85.5 Å². The van der Waals surface area contributed by atoms with Crippen molar-refractivity contribution in [1.29, 1.82) is 0 Å². The van der Waals surface area contributed by atoms with Gasteiger partial charge in [-0.05, 0) is 60.7 Å². The van der Waals surface area contributed by atoms with Gasteiger partial charge in [-0.15, -0.1) is 0 Å². The third-order valence-electron chi connectivity index (χ3n) is 5.15. The van der Waals surface area contributed by atoms with Crippen LogP contribution in [0.4, 0.5) is 11.4 Å². The SMILES string of the molecule is COc1ccc(NC(=O)Cn2c[n+](CC(=O)Nc3ccc(OC)cc3)c3ccccc32)cc1. The lowest BCUT2D eigenvalue weighted by Gasteiger charge is -2.05. The summed E-state index contributed by atoms with van der Waals surface area (Å²) in [4.78, 5) is 25.3. The van der Waals surface area contributed by atoms with Gasteiger partial charge in [0.05, 0.1) is 14.2 Å². The molecule has 0 saturated heterocycles. The molecule has 0 atom stereocenters. The Hall–Kier alpha value is -4.33. The normalized spacial score (nSPS) is 10.6. The summed E-state index contributed by atoms with van der Waals surface area (Å²) in [5.41, 5.74) is 3.09. The lowest BCUT2D eigenvalue weighted by molar-refractivity contribution is -0.658. The van der Waals surface area contributed by atoms with E-state index in [0.717, 1.165) is 22.5 Å². The van der Waals surface area contributed by atoms with Crippen molar-refractivity contribution in [3.05, 3.63) is 79.1 Å². The van der Waals surface area contributed by atoms with Crippen LogP contribution in [0.25, 0.3) is 11.0 Å². The third kappa shape index (κ3) is 5.30. The number of imidazole rings is 1. The molecule has 0 bridgehead atoms. The van der Waals surface area contributed by atoms with Crippen molar-refractivity contribution in [1.82, 2.24) is 4.57 Å². The predicted molar refractivity (Wildman–Crippen MR) is 125 cm³/mol. The number of nitrogens with zero attached hydrogens (tertiary/aromatic N) is 2. The zero-order chi connectivity index (χ0) is 23.2. The number of anilines is 2. The molecule has 2 amide bonds. The summed E-state index contributed by atoms with van der Waals surface area (Å²) in [7, 11) is 3.19. The van der Waals surface area contributed by atoms with Crippen LogP contribution in [0.15, 0.2) is 79.1 Å². The Morgan fingerprint density at radius 1 is 0.788 bits per heavy atom. The number of para-hydroxylation sites is 2. The maximum absolute atomic E-state index is 12.6. The first-order valence-electron chi connectivity index (χ1n) is 10.4. The molecular weight excluding hydrogens is 420 g/mol. The molecule has 33 heavy (non-hydrogen) atoms. The number of carbonyl (C=O) groups is 2. The predicted octanol–water partition coefficient (Wildman–Crippen LogP) is 3.22. The molecule has 0 fully saturated rings. The summed E-state index contributed by atoms with van der Waals surface area (Å²) in [5.74, 6) is 1.10. The number of carbonyl (C=O) groups excluding carboxylic acids is 2. The second-order valence-corrected chi connectivity index (χ2v) is 7.41. The fourth-order valence-corrected chi connectivity index (χ4v) is 3.55. The summed E-state index contributed by atoms with van der Waals surface area (Å²) in [6, 6.07) is 22.0. The second-order valence-electron chi connectivity index (χ2n) is 7.41. The summed E-state index contributed by atoms with van der Waals surface area (Å²) in [5, 5.41) is 5.77. The molecule has 1 aromatic heterocycles. The molecule has 4 rings (SSSR count). The Balaban J connectivity index is 1.47. The molecule has 3 aromatic carbocycles. The van der Waals surface area contributed by atoms with Crippen LogP contribution in [0.5, 0.6) is 11.5 Å². The fraction of sp³-hybridized carbons (Fsp3) is 0.160. The van der Waals surface area contributed by atoms with Crippen molar-refractivity contribution in [2.24, 2.45) is 0 Å². The first-order valence-corrected chi connectivity index (χ1v) is 10.4. The van der Waals surface area contributed by atoms with Gasteiger partial charge >= 0.3 is 0 Å². The fourth-order valence-electron chi connectivity index (χ4n) is 3.55. The van der Waals surface area contributed by atoms with Crippen LogP contribution in [-0.4, -0.2) is 30.6 Å². The Labute approximate surface area is 191 Å². The minimum absolute atomic E-state index is 0.111. The molecule has 0 aliphatic rings. The molecule has 8 heteroatoms. The van der Waals surface area contributed by atoms with Gasteiger partial charge in [-0.2, -0.15) is 0 Å². The van der Waals surface area contributed by atoms with Crippen LogP contribution in [0.3, 0.4) is 0 Å². The van der Waals surface area contributed by atoms with Gasteiger partial charge < -0.3 is 20.1 Å². The van der Waals surface area contributed by atoms with E-state index in [1.54, 1.807) is 69.1 Å². The number of hydrogen-bond donors (Lipinski definition) is 2. The van der Waals surface area contributed by atoms with Gasteiger partial charge in [0, 0.05) is 11.4 Å². The van der Waals surface area contributed by atoms with Crippen molar-refractivity contribution in [2.45, 2.75) is 13.1 Å². The van der Waals surface area contributed by atoms with Crippen molar-refractivity contribution in [3.63, 3.8) is 0 Å². The first kappa shape index (κ1) is 21.9. The molecular formula is C25H25N4O4+. The molecule has 0 unspecified atom stereocenters. The van der Waals surface area contributed by atoms with E-state index >= 15 is 0 Å².